The number of hydrogen-bond donors (Lipinski definition) is 1. The summed E-state index contributed by atoms with van der Waals surface area (Å²) in [7, 11) is 0. The van der Waals surface area contributed by atoms with Gasteiger partial charge in [0.25, 0.3) is 5.69 Å². The Balaban J connectivity index is 3.37. The smallest absolute Gasteiger partial charge is 0.311 e. The lowest BCUT2D eigenvalue weighted by molar-refractivity contribution is -0.385. The van der Waals surface area contributed by atoms with Crippen LogP contribution in [0.5, 0.6) is 0 Å². The minimum absolute atomic E-state index is 0.0386. The average Bonchev–Trinajstić information content (AvgIpc) is 2.16. The van der Waals surface area contributed by atoms with Crippen LogP contribution in [0.1, 0.15) is 18.4 Å². The lowest BCUT2D eigenvalue weighted by atomic mass is 9.99. The van der Waals surface area contributed by atoms with Crippen LogP contribution in [-0.2, 0) is 4.79 Å². The number of aliphatic carboxylic acids is 1. The molecule has 1 atom stereocenters. The molecule has 15 heavy (non-hydrogen) atoms. The molecule has 5 nitrogen and oxygen atoms in total. The van der Waals surface area contributed by atoms with Crippen LogP contribution in [0.3, 0.4) is 0 Å². The minimum atomic E-state index is -1.15. The van der Waals surface area contributed by atoms with Crippen molar-refractivity contribution in [1.82, 2.24) is 0 Å². The Hall–Kier alpha value is -1.62. The number of halogens is 1. The molecule has 1 N–H and O–H groups in total. The van der Waals surface area contributed by atoms with Gasteiger partial charge in [-0.3, -0.25) is 14.9 Å². The minimum Gasteiger partial charge on any atom is -0.481 e. The van der Waals surface area contributed by atoms with E-state index in [0.717, 1.165) is 0 Å². The summed E-state index contributed by atoms with van der Waals surface area (Å²) < 4.78 is 0. The predicted molar refractivity (Wildman–Crippen MR) is 54.2 cm³/mol. The monoisotopic (exact) mass is 229 g/mol. The van der Waals surface area contributed by atoms with Crippen LogP contribution in [0, 0.1) is 10.1 Å². The van der Waals surface area contributed by atoms with E-state index in [-0.39, 0.29) is 16.3 Å². The zero-order chi connectivity index (χ0) is 11.6. The van der Waals surface area contributed by atoms with Crippen LogP contribution in [0.2, 0.25) is 5.02 Å². The Kier molecular flexibility index (Phi) is 3.26. The van der Waals surface area contributed by atoms with Gasteiger partial charge < -0.3 is 5.11 Å². The highest BCUT2D eigenvalue weighted by Crippen LogP contribution is 2.32. The van der Waals surface area contributed by atoms with Crippen molar-refractivity contribution >= 4 is 23.3 Å². The molecule has 0 heterocycles. The number of nitrogens with zero attached hydrogens (tertiary/aromatic N) is 1. The van der Waals surface area contributed by atoms with Gasteiger partial charge in [0.2, 0.25) is 0 Å². The molecule has 0 spiro atoms. The summed E-state index contributed by atoms with van der Waals surface area (Å²) in [5, 5.41) is 19.5. The number of carboxylic acid groups (broad SMARTS) is 1. The summed E-state index contributed by atoms with van der Waals surface area (Å²) in [5.74, 6) is -2.15. The van der Waals surface area contributed by atoms with Crippen LogP contribution in [-0.4, -0.2) is 16.0 Å². The van der Waals surface area contributed by atoms with Crippen molar-refractivity contribution in [3.05, 3.63) is 38.9 Å². The maximum absolute atomic E-state index is 10.7. The van der Waals surface area contributed by atoms with E-state index < -0.39 is 16.8 Å². The fourth-order valence-electron chi connectivity index (χ4n) is 1.24. The van der Waals surface area contributed by atoms with E-state index in [4.69, 9.17) is 16.7 Å². The normalized spacial score (nSPS) is 12.1. The van der Waals surface area contributed by atoms with E-state index in [1.54, 1.807) is 0 Å². The maximum atomic E-state index is 10.7. The molecule has 0 radical (unpaired) electrons. The van der Waals surface area contributed by atoms with Gasteiger partial charge in [-0.05, 0) is 13.0 Å². The number of rotatable bonds is 3. The Morgan fingerprint density at radius 1 is 1.60 bits per heavy atom. The summed E-state index contributed by atoms with van der Waals surface area (Å²) in [5.41, 5.74) is -0.228. The Bertz CT molecular complexity index is 419. The van der Waals surface area contributed by atoms with Crippen LogP contribution < -0.4 is 0 Å². The first-order valence-corrected chi connectivity index (χ1v) is 4.48. The molecule has 0 saturated heterocycles. The Labute approximate surface area is 90.4 Å². The van der Waals surface area contributed by atoms with Gasteiger partial charge in [0.05, 0.1) is 21.4 Å². The van der Waals surface area contributed by atoms with Gasteiger partial charge in [0, 0.05) is 6.07 Å². The van der Waals surface area contributed by atoms with Gasteiger partial charge in [-0.15, -0.1) is 0 Å². The summed E-state index contributed by atoms with van der Waals surface area (Å²) in [6, 6.07) is 4.09. The topological polar surface area (TPSA) is 80.4 Å². The molecule has 0 aliphatic carbocycles. The quantitative estimate of drug-likeness (QED) is 0.638. The number of hydrogen-bond acceptors (Lipinski definition) is 3. The van der Waals surface area contributed by atoms with E-state index >= 15 is 0 Å². The van der Waals surface area contributed by atoms with Crippen molar-refractivity contribution in [1.29, 1.82) is 0 Å². The Morgan fingerprint density at radius 2 is 2.20 bits per heavy atom. The summed E-state index contributed by atoms with van der Waals surface area (Å²) in [6.45, 7) is 1.36. The number of carboxylic acids is 1. The first kappa shape index (κ1) is 11.5. The van der Waals surface area contributed by atoms with E-state index in [1.807, 2.05) is 0 Å². The molecule has 0 aliphatic heterocycles. The zero-order valence-electron chi connectivity index (χ0n) is 7.81. The molecule has 0 bridgehead atoms. The van der Waals surface area contributed by atoms with E-state index in [1.165, 1.54) is 25.1 Å². The third-order valence-electron chi connectivity index (χ3n) is 2.03. The van der Waals surface area contributed by atoms with Crippen molar-refractivity contribution in [3.63, 3.8) is 0 Å². The molecule has 6 heteroatoms. The molecule has 1 aromatic carbocycles. The third kappa shape index (κ3) is 2.24. The van der Waals surface area contributed by atoms with Crippen molar-refractivity contribution in [2.24, 2.45) is 0 Å². The summed E-state index contributed by atoms with van der Waals surface area (Å²) in [4.78, 5) is 20.8. The fraction of sp³-hybridized carbons (Fsp3) is 0.222. The zero-order valence-corrected chi connectivity index (χ0v) is 8.56. The molecule has 0 saturated carbocycles. The van der Waals surface area contributed by atoms with Crippen LogP contribution in [0.4, 0.5) is 5.69 Å². The van der Waals surface area contributed by atoms with Gasteiger partial charge in [-0.2, -0.15) is 0 Å². The van der Waals surface area contributed by atoms with E-state index in [2.05, 4.69) is 0 Å². The molecular formula is C9H8ClNO4. The van der Waals surface area contributed by atoms with Crippen molar-refractivity contribution < 1.29 is 14.8 Å². The molecule has 80 valence electrons. The molecule has 0 fully saturated rings. The second kappa shape index (κ2) is 4.27. The Morgan fingerprint density at radius 3 is 2.67 bits per heavy atom. The lowest BCUT2D eigenvalue weighted by Gasteiger charge is -2.08. The highest BCUT2D eigenvalue weighted by atomic mass is 35.5. The number of nitro groups is 1. The second-order valence-corrected chi connectivity index (χ2v) is 3.40. The van der Waals surface area contributed by atoms with E-state index in [9.17, 15) is 14.9 Å². The molecule has 1 aromatic rings. The van der Waals surface area contributed by atoms with Gasteiger partial charge >= 0.3 is 5.97 Å². The van der Waals surface area contributed by atoms with Crippen molar-refractivity contribution in [2.75, 3.05) is 0 Å². The number of carbonyl (C=O) groups is 1. The average molecular weight is 230 g/mol. The maximum Gasteiger partial charge on any atom is 0.311 e. The molecule has 1 unspecified atom stereocenters. The molecule has 0 amide bonds. The standard InChI is InChI=1S/C9H8ClNO4/c1-5(9(12)13)8-6(10)3-2-4-7(8)11(14)15/h2-5H,1H3,(H,12,13). The second-order valence-electron chi connectivity index (χ2n) is 2.99. The SMILES string of the molecule is CC(C(=O)O)c1c(Cl)cccc1[N+](=O)[O-]. The molecule has 1 rings (SSSR count). The van der Waals surface area contributed by atoms with Crippen LogP contribution in [0.15, 0.2) is 18.2 Å². The fourth-order valence-corrected chi connectivity index (χ4v) is 1.57. The predicted octanol–water partition coefficient (Wildman–Crippen LogP) is 2.44. The molecule has 0 aromatic heterocycles. The molecular weight excluding hydrogens is 222 g/mol. The summed E-state index contributed by atoms with van der Waals surface area (Å²) >= 11 is 5.74. The molecule has 0 aliphatic rings. The first-order valence-electron chi connectivity index (χ1n) is 4.10. The number of benzene rings is 1. The first-order chi connectivity index (χ1) is 6.95. The van der Waals surface area contributed by atoms with Gasteiger partial charge in [-0.1, -0.05) is 17.7 Å². The van der Waals surface area contributed by atoms with Crippen LogP contribution >= 0.6 is 11.6 Å². The van der Waals surface area contributed by atoms with Gasteiger partial charge in [0.15, 0.2) is 0 Å². The van der Waals surface area contributed by atoms with Crippen molar-refractivity contribution in [3.8, 4) is 0 Å². The van der Waals surface area contributed by atoms with Crippen molar-refractivity contribution in [2.45, 2.75) is 12.8 Å². The third-order valence-corrected chi connectivity index (χ3v) is 2.36. The highest BCUT2D eigenvalue weighted by molar-refractivity contribution is 6.32. The lowest BCUT2D eigenvalue weighted by Crippen LogP contribution is -2.10. The van der Waals surface area contributed by atoms with Gasteiger partial charge in [-0.25, -0.2) is 0 Å². The van der Waals surface area contributed by atoms with Crippen LogP contribution in [0.25, 0.3) is 0 Å². The highest BCUT2D eigenvalue weighted by Gasteiger charge is 2.26. The number of nitro benzene ring substituents is 1. The largest absolute Gasteiger partial charge is 0.481 e. The van der Waals surface area contributed by atoms with E-state index in [0.29, 0.717) is 0 Å². The van der Waals surface area contributed by atoms with Gasteiger partial charge in [0.1, 0.15) is 0 Å². The summed E-state index contributed by atoms with van der Waals surface area (Å²) in [6.07, 6.45) is 0.